The third-order valence-electron chi connectivity index (χ3n) is 4.57. The van der Waals surface area contributed by atoms with Crippen molar-refractivity contribution in [2.75, 3.05) is 13.7 Å². The largest absolute Gasteiger partial charge is 0.380 e. The maximum Gasteiger partial charge on any atom is 0.251 e. The summed E-state index contributed by atoms with van der Waals surface area (Å²) >= 11 is 1.64. The van der Waals surface area contributed by atoms with Crippen LogP contribution in [0.25, 0.3) is 21.8 Å². The predicted octanol–water partition coefficient (Wildman–Crippen LogP) is 3.65. The van der Waals surface area contributed by atoms with Gasteiger partial charge >= 0.3 is 0 Å². The highest BCUT2D eigenvalue weighted by atomic mass is 32.1. The van der Waals surface area contributed by atoms with Gasteiger partial charge in [-0.2, -0.15) is 5.10 Å². The van der Waals surface area contributed by atoms with Crippen LogP contribution in [-0.2, 0) is 17.9 Å². The zero-order valence-electron chi connectivity index (χ0n) is 16.5. The number of thiophene rings is 1. The standard InChI is InChI=1S/C22H21N5O2S/c1-29-15-16-4-6-17(7-5-16)22(28)25-10-11-27-21(20-3-2-12-30-20)18(13-26-27)19-14-23-8-9-24-19/h2-9,12-14H,10-11,15H2,1H3,(H,25,28). The Balaban J connectivity index is 1.47. The van der Waals surface area contributed by atoms with Gasteiger partial charge in [-0.15, -0.1) is 11.3 Å². The van der Waals surface area contributed by atoms with Gasteiger partial charge in [0, 0.05) is 37.2 Å². The van der Waals surface area contributed by atoms with Crippen LogP contribution in [0.1, 0.15) is 15.9 Å². The summed E-state index contributed by atoms with van der Waals surface area (Å²) in [5, 5.41) is 9.54. The number of hydrogen-bond acceptors (Lipinski definition) is 6. The quantitative estimate of drug-likeness (QED) is 0.471. The number of hydrogen-bond donors (Lipinski definition) is 1. The number of nitrogens with zero attached hydrogens (tertiary/aromatic N) is 4. The van der Waals surface area contributed by atoms with Gasteiger partial charge in [-0.3, -0.25) is 19.4 Å². The first-order valence-electron chi connectivity index (χ1n) is 9.48. The average molecular weight is 420 g/mol. The van der Waals surface area contributed by atoms with E-state index in [4.69, 9.17) is 4.74 Å². The van der Waals surface area contributed by atoms with Gasteiger partial charge in [0.15, 0.2) is 0 Å². The van der Waals surface area contributed by atoms with E-state index < -0.39 is 0 Å². The van der Waals surface area contributed by atoms with Crippen LogP contribution < -0.4 is 5.32 Å². The number of rotatable bonds is 8. The Hall–Kier alpha value is -3.36. The van der Waals surface area contributed by atoms with Gasteiger partial charge < -0.3 is 10.1 Å². The van der Waals surface area contributed by atoms with Crippen LogP contribution in [-0.4, -0.2) is 39.3 Å². The molecule has 0 spiro atoms. The molecule has 4 aromatic rings. The van der Waals surface area contributed by atoms with Crippen LogP contribution in [0.3, 0.4) is 0 Å². The smallest absolute Gasteiger partial charge is 0.251 e. The van der Waals surface area contributed by atoms with Gasteiger partial charge in [-0.25, -0.2) is 0 Å². The fourth-order valence-electron chi connectivity index (χ4n) is 3.15. The van der Waals surface area contributed by atoms with E-state index in [0.717, 1.165) is 27.4 Å². The summed E-state index contributed by atoms with van der Waals surface area (Å²) in [7, 11) is 1.65. The van der Waals surface area contributed by atoms with Crippen molar-refractivity contribution >= 4 is 17.2 Å². The minimum absolute atomic E-state index is 0.113. The Kier molecular flexibility index (Phi) is 6.26. The Morgan fingerprint density at radius 2 is 2.03 bits per heavy atom. The molecular formula is C22H21N5O2S. The summed E-state index contributed by atoms with van der Waals surface area (Å²) < 4.78 is 7.00. The fraction of sp³-hybridized carbons (Fsp3) is 0.182. The molecule has 0 radical (unpaired) electrons. The van der Waals surface area contributed by atoms with Crippen molar-refractivity contribution in [2.24, 2.45) is 0 Å². The second-order valence-electron chi connectivity index (χ2n) is 6.58. The van der Waals surface area contributed by atoms with E-state index in [1.54, 1.807) is 55.4 Å². The zero-order valence-corrected chi connectivity index (χ0v) is 17.3. The molecule has 3 heterocycles. The van der Waals surface area contributed by atoms with Crippen molar-refractivity contribution < 1.29 is 9.53 Å². The number of nitrogens with one attached hydrogen (secondary N) is 1. The van der Waals surface area contributed by atoms with E-state index in [2.05, 4.69) is 26.4 Å². The van der Waals surface area contributed by atoms with Crippen molar-refractivity contribution in [3.8, 4) is 21.8 Å². The lowest BCUT2D eigenvalue weighted by molar-refractivity contribution is 0.0952. The number of aromatic nitrogens is 4. The van der Waals surface area contributed by atoms with E-state index in [-0.39, 0.29) is 5.91 Å². The number of methoxy groups -OCH3 is 1. The molecule has 0 aliphatic heterocycles. The Labute approximate surface area is 178 Å². The summed E-state index contributed by atoms with van der Waals surface area (Å²) in [5.74, 6) is -0.113. The number of carbonyl (C=O) groups excluding carboxylic acids is 1. The maximum atomic E-state index is 12.5. The van der Waals surface area contributed by atoms with E-state index in [1.165, 1.54) is 0 Å². The predicted molar refractivity (Wildman–Crippen MR) is 116 cm³/mol. The highest BCUT2D eigenvalue weighted by molar-refractivity contribution is 7.13. The van der Waals surface area contributed by atoms with E-state index in [0.29, 0.717) is 25.3 Å². The van der Waals surface area contributed by atoms with E-state index >= 15 is 0 Å². The van der Waals surface area contributed by atoms with E-state index in [1.807, 2.05) is 28.3 Å². The lowest BCUT2D eigenvalue weighted by atomic mass is 10.1. The molecule has 30 heavy (non-hydrogen) atoms. The molecule has 0 atom stereocenters. The first-order chi connectivity index (χ1) is 14.8. The molecule has 1 amide bonds. The van der Waals surface area contributed by atoms with Crippen molar-refractivity contribution in [1.29, 1.82) is 0 Å². The minimum atomic E-state index is -0.113. The molecule has 0 saturated carbocycles. The van der Waals surface area contributed by atoms with E-state index in [9.17, 15) is 4.79 Å². The Morgan fingerprint density at radius 1 is 1.17 bits per heavy atom. The summed E-state index contributed by atoms with van der Waals surface area (Å²) in [4.78, 5) is 22.1. The molecule has 4 rings (SSSR count). The molecule has 0 bridgehead atoms. The van der Waals surface area contributed by atoms with Crippen LogP contribution in [0, 0.1) is 0 Å². The summed E-state index contributed by atoms with van der Waals surface area (Å²) in [6.45, 7) is 1.53. The van der Waals surface area contributed by atoms with Crippen LogP contribution >= 0.6 is 11.3 Å². The first-order valence-corrected chi connectivity index (χ1v) is 10.4. The Bertz CT molecular complexity index is 1090. The minimum Gasteiger partial charge on any atom is -0.380 e. The van der Waals surface area contributed by atoms with Crippen molar-refractivity contribution in [3.05, 3.63) is 77.7 Å². The summed E-state index contributed by atoms with van der Waals surface area (Å²) in [5.41, 5.74) is 4.32. The van der Waals surface area contributed by atoms with Gasteiger partial charge in [0.05, 0.1) is 41.8 Å². The molecule has 0 saturated heterocycles. The second-order valence-corrected chi connectivity index (χ2v) is 7.53. The molecule has 152 valence electrons. The molecule has 0 fully saturated rings. The van der Waals surface area contributed by atoms with Crippen molar-refractivity contribution in [1.82, 2.24) is 25.1 Å². The third-order valence-corrected chi connectivity index (χ3v) is 5.45. The maximum absolute atomic E-state index is 12.5. The second kappa shape index (κ2) is 9.43. The monoisotopic (exact) mass is 419 g/mol. The van der Waals surface area contributed by atoms with Gasteiger partial charge in [0.1, 0.15) is 0 Å². The average Bonchev–Trinajstić information content (AvgIpc) is 3.45. The number of carbonyl (C=O) groups is 1. The normalized spacial score (nSPS) is 10.8. The lowest BCUT2D eigenvalue weighted by Gasteiger charge is -2.10. The van der Waals surface area contributed by atoms with Crippen LogP contribution in [0.2, 0.25) is 0 Å². The molecule has 1 N–H and O–H groups in total. The lowest BCUT2D eigenvalue weighted by Crippen LogP contribution is -2.27. The molecule has 7 nitrogen and oxygen atoms in total. The Morgan fingerprint density at radius 3 is 2.73 bits per heavy atom. The third kappa shape index (κ3) is 4.45. The van der Waals surface area contributed by atoms with Crippen molar-refractivity contribution in [2.45, 2.75) is 13.2 Å². The van der Waals surface area contributed by atoms with Crippen LogP contribution in [0.5, 0.6) is 0 Å². The van der Waals surface area contributed by atoms with Gasteiger partial charge in [-0.1, -0.05) is 18.2 Å². The molecular weight excluding hydrogens is 398 g/mol. The highest BCUT2D eigenvalue weighted by Crippen LogP contribution is 2.33. The van der Waals surface area contributed by atoms with Gasteiger partial charge in [0.2, 0.25) is 0 Å². The summed E-state index contributed by atoms with van der Waals surface area (Å²) in [6, 6.07) is 11.5. The number of benzene rings is 1. The molecule has 8 heteroatoms. The summed E-state index contributed by atoms with van der Waals surface area (Å²) in [6.07, 6.45) is 6.85. The molecule has 0 unspecified atom stereocenters. The molecule has 0 aliphatic rings. The number of ether oxygens (including phenoxy) is 1. The van der Waals surface area contributed by atoms with Gasteiger partial charge in [-0.05, 0) is 29.1 Å². The molecule has 0 aliphatic carbocycles. The van der Waals surface area contributed by atoms with Crippen LogP contribution in [0.4, 0.5) is 0 Å². The first kappa shape index (κ1) is 19.9. The van der Waals surface area contributed by atoms with Gasteiger partial charge in [0.25, 0.3) is 5.91 Å². The highest BCUT2D eigenvalue weighted by Gasteiger charge is 2.17. The van der Waals surface area contributed by atoms with Crippen LogP contribution in [0.15, 0.2) is 66.6 Å². The molecule has 1 aromatic carbocycles. The topological polar surface area (TPSA) is 81.9 Å². The SMILES string of the molecule is COCc1ccc(C(=O)NCCn2ncc(-c3cnccn3)c2-c2cccs2)cc1. The zero-order chi connectivity index (χ0) is 20.8. The molecule has 3 aromatic heterocycles. The number of amides is 1. The van der Waals surface area contributed by atoms with Crippen molar-refractivity contribution in [3.63, 3.8) is 0 Å². The fourth-order valence-corrected chi connectivity index (χ4v) is 3.94.